The molecule has 0 spiro atoms. The predicted molar refractivity (Wildman–Crippen MR) is 63.2 cm³/mol. The van der Waals surface area contributed by atoms with Crippen LogP contribution in [0, 0.1) is 0 Å². The summed E-state index contributed by atoms with van der Waals surface area (Å²) in [5.74, 6) is -0.0641. The molecule has 5 heteroatoms. The van der Waals surface area contributed by atoms with Gasteiger partial charge in [-0.15, -0.1) is 0 Å². The molecule has 0 aliphatic carbocycles. The van der Waals surface area contributed by atoms with E-state index in [1.54, 1.807) is 24.1 Å². The normalized spacial score (nSPS) is 12.5. The van der Waals surface area contributed by atoms with Crippen LogP contribution >= 0.6 is 15.9 Å². The monoisotopic (exact) mass is 273 g/mol. The summed E-state index contributed by atoms with van der Waals surface area (Å²) >= 11 is 3.52. The molecule has 1 amide bonds. The first-order chi connectivity index (χ1) is 7.15. The Bertz CT molecular complexity index is 324. The van der Waals surface area contributed by atoms with Gasteiger partial charge in [-0.2, -0.15) is 0 Å². The highest BCUT2D eigenvalue weighted by molar-refractivity contribution is 9.09. The minimum Gasteiger partial charge on any atom is -0.351 e. The Labute approximate surface area is 98.2 Å². The molecule has 0 aliphatic rings. The zero-order valence-corrected chi connectivity index (χ0v) is 10.6. The number of nitrogens with one attached hydrogen (secondary N) is 1. The summed E-state index contributed by atoms with van der Waals surface area (Å²) < 4.78 is 1.71. The van der Waals surface area contributed by atoms with Gasteiger partial charge in [-0.3, -0.25) is 4.79 Å². The highest BCUT2D eigenvalue weighted by Crippen LogP contribution is 2.07. The van der Waals surface area contributed by atoms with Crippen LogP contribution in [0.25, 0.3) is 0 Å². The van der Waals surface area contributed by atoms with E-state index in [1.165, 1.54) is 0 Å². The van der Waals surface area contributed by atoms with Crippen molar-refractivity contribution in [1.82, 2.24) is 14.9 Å². The van der Waals surface area contributed by atoms with Gasteiger partial charge in [0.1, 0.15) is 5.69 Å². The van der Waals surface area contributed by atoms with Crippen molar-refractivity contribution < 1.29 is 4.79 Å². The summed E-state index contributed by atoms with van der Waals surface area (Å²) in [6.07, 6.45) is 5.21. The van der Waals surface area contributed by atoms with Crippen molar-refractivity contribution in [2.24, 2.45) is 7.05 Å². The van der Waals surface area contributed by atoms with Crippen LogP contribution in [0.4, 0.5) is 0 Å². The average Bonchev–Trinajstić information content (AvgIpc) is 2.64. The van der Waals surface area contributed by atoms with Crippen molar-refractivity contribution in [3.05, 3.63) is 18.2 Å². The Kier molecular flexibility index (Phi) is 4.81. The van der Waals surface area contributed by atoms with Crippen LogP contribution in [-0.2, 0) is 7.05 Å². The highest BCUT2D eigenvalue weighted by Gasteiger charge is 2.09. The molecule has 1 unspecified atom stereocenters. The molecule has 0 saturated carbocycles. The molecule has 1 aromatic rings. The van der Waals surface area contributed by atoms with Crippen molar-refractivity contribution in [1.29, 1.82) is 0 Å². The zero-order chi connectivity index (χ0) is 11.3. The number of amides is 1. The third-order valence-corrected chi connectivity index (χ3v) is 3.34. The Morgan fingerprint density at radius 3 is 3.00 bits per heavy atom. The van der Waals surface area contributed by atoms with Crippen molar-refractivity contribution in [2.45, 2.75) is 24.6 Å². The second kappa shape index (κ2) is 5.90. The van der Waals surface area contributed by atoms with Gasteiger partial charge in [0.2, 0.25) is 0 Å². The van der Waals surface area contributed by atoms with Gasteiger partial charge in [0.25, 0.3) is 5.91 Å². The van der Waals surface area contributed by atoms with Gasteiger partial charge in [-0.1, -0.05) is 22.9 Å². The molecule has 1 atom stereocenters. The molecular weight excluding hydrogens is 258 g/mol. The predicted octanol–water partition coefficient (Wildman–Crippen LogP) is 1.71. The Hall–Kier alpha value is -0.840. The lowest BCUT2D eigenvalue weighted by Crippen LogP contribution is -2.27. The summed E-state index contributed by atoms with van der Waals surface area (Å²) in [6.45, 7) is 2.80. The topological polar surface area (TPSA) is 46.9 Å². The zero-order valence-electron chi connectivity index (χ0n) is 9.03. The molecule has 0 radical (unpaired) electrons. The molecule has 84 valence electrons. The summed E-state index contributed by atoms with van der Waals surface area (Å²) in [5, 5.41) is 2.86. The minimum absolute atomic E-state index is 0.0641. The lowest BCUT2D eigenvalue weighted by molar-refractivity contribution is 0.0945. The van der Waals surface area contributed by atoms with Gasteiger partial charge in [0.05, 0.1) is 12.5 Å². The number of hydrogen-bond donors (Lipinski definition) is 1. The molecule has 0 bridgehead atoms. The van der Waals surface area contributed by atoms with Crippen LogP contribution in [0.1, 0.15) is 30.3 Å². The van der Waals surface area contributed by atoms with Gasteiger partial charge in [-0.05, 0) is 12.8 Å². The fourth-order valence-corrected chi connectivity index (χ4v) is 1.44. The SMILES string of the molecule is CCC(Br)CCNC(=O)c1cncn1C. The number of rotatable bonds is 5. The molecule has 0 aliphatic heterocycles. The van der Waals surface area contributed by atoms with Gasteiger partial charge in [0.15, 0.2) is 0 Å². The van der Waals surface area contributed by atoms with Crippen molar-refractivity contribution in [3.63, 3.8) is 0 Å². The van der Waals surface area contributed by atoms with Crippen molar-refractivity contribution in [3.8, 4) is 0 Å². The molecular formula is C10H16BrN3O. The van der Waals surface area contributed by atoms with Gasteiger partial charge < -0.3 is 9.88 Å². The highest BCUT2D eigenvalue weighted by atomic mass is 79.9. The van der Waals surface area contributed by atoms with E-state index in [4.69, 9.17) is 0 Å². The largest absolute Gasteiger partial charge is 0.351 e. The quantitative estimate of drug-likeness (QED) is 0.831. The molecule has 4 nitrogen and oxygen atoms in total. The van der Waals surface area contributed by atoms with E-state index in [2.05, 4.69) is 33.2 Å². The maximum Gasteiger partial charge on any atom is 0.269 e. The molecule has 0 fully saturated rings. The first-order valence-corrected chi connectivity index (χ1v) is 5.95. The van der Waals surface area contributed by atoms with E-state index >= 15 is 0 Å². The number of alkyl halides is 1. The molecule has 1 heterocycles. The Morgan fingerprint density at radius 1 is 1.73 bits per heavy atom. The molecule has 1 N–H and O–H groups in total. The third-order valence-electron chi connectivity index (χ3n) is 2.24. The smallest absolute Gasteiger partial charge is 0.269 e. The standard InChI is InChI=1S/C10H16BrN3O/c1-3-8(11)4-5-13-10(15)9-6-12-7-14(9)2/h6-8H,3-5H2,1-2H3,(H,13,15). The fourth-order valence-electron chi connectivity index (χ4n) is 1.21. The van der Waals surface area contributed by atoms with E-state index in [-0.39, 0.29) is 5.91 Å². The number of aryl methyl sites for hydroxylation is 1. The fraction of sp³-hybridized carbons (Fsp3) is 0.600. The second-order valence-corrected chi connectivity index (χ2v) is 4.73. The first kappa shape index (κ1) is 12.2. The molecule has 1 aromatic heterocycles. The Morgan fingerprint density at radius 2 is 2.47 bits per heavy atom. The second-order valence-electron chi connectivity index (χ2n) is 3.44. The number of halogens is 1. The maximum absolute atomic E-state index is 11.6. The number of aromatic nitrogens is 2. The van der Waals surface area contributed by atoms with Crippen LogP contribution in [0.15, 0.2) is 12.5 Å². The molecule has 1 rings (SSSR count). The Balaban J connectivity index is 2.34. The molecule has 0 aromatic carbocycles. The number of nitrogens with zero attached hydrogens (tertiary/aromatic N) is 2. The summed E-state index contributed by atoms with van der Waals surface area (Å²) in [6, 6.07) is 0. The van der Waals surface area contributed by atoms with Crippen LogP contribution in [0.5, 0.6) is 0 Å². The average molecular weight is 274 g/mol. The lowest BCUT2D eigenvalue weighted by atomic mass is 10.2. The number of imidazole rings is 1. The molecule has 0 saturated heterocycles. The maximum atomic E-state index is 11.6. The third kappa shape index (κ3) is 3.66. The van der Waals surface area contributed by atoms with Gasteiger partial charge >= 0.3 is 0 Å². The van der Waals surface area contributed by atoms with Gasteiger partial charge in [0, 0.05) is 18.4 Å². The molecule has 15 heavy (non-hydrogen) atoms. The van der Waals surface area contributed by atoms with Crippen molar-refractivity contribution in [2.75, 3.05) is 6.54 Å². The number of carbonyl (C=O) groups is 1. The van der Waals surface area contributed by atoms with E-state index in [1.807, 2.05) is 0 Å². The van der Waals surface area contributed by atoms with Gasteiger partial charge in [-0.25, -0.2) is 4.98 Å². The van der Waals surface area contributed by atoms with Crippen molar-refractivity contribution >= 4 is 21.8 Å². The summed E-state index contributed by atoms with van der Waals surface area (Å²) in [7, 11) is 1.81. The van der Waals surface area contributed by atoms with E-state index in [0.29, 0.717) is 17.1 Å². The summed E-state index contributed by atoms with van der Waals surface area (Å²) in [4.78, 5) is 16.0. The van der Waals surface area contributed by atoms with E-state index in [0.717, 1.165) is 12.8 Å². The summed E-state index contributed by atoms with van der Waals surface area (Å²) in [5.41, 5.74) is 0.595. The first-order valence-electron chi connectivity index (χ1n) is 5.03. The minimum atomic E-state index is -0.0641. The van der Waals surface area contributed by atoms with Crippen LogP contribution in [0.2, 0.25) is 0 Å². The number of carbonyl (C=O) groups excluding carboxylic acids is 1. The lowest BCUT2D eigenvalue weighted by Gasteiger charge is -2.08. The van der Waals surface area contributed by atoms with Crippen LogP contribution in [-0.4, -0.2) is 26.8 Å². The number of hydrogen-bond acceptors (Lipinski definition) is 2. The van der Waals surface area contributed by atoms with Crippen LogP contribution in [0.3, 0.4) is 0 Å². The van der Waals surface area contributed by atoms with E-state index in [9.17, 15) is 4.79 Å². The van der Waals surface area contributed by atoms with Crippen LogP contribution < -0.4 is 5.32 Å². The van der Waals surface area contributed by atoms with E-state index < -0.39 is 0 Å².